The predicted octanol–water partition coefficient (Wildman–Crippen LogP) is 2.33. The number of hydrogen-bond acceptors (Lipinski definition) is 3. The first-order chi connectivity index (χ1) is 10.0. The summed E-state index contributed by atoms with van der Waals surface area (Å²) in [6, 6.07) is 6.52. The summed E-state index contributed by atoms with van der Waals surface area (Å²) in [5, 5.41) is 11.4. The minimum absolute atomic E-state index is 0.169. The van der Waals surface area contributed by atoms with E-state index in [1.54, 1.807) is 29.2 Å². The Labute approximate surface area is 123 Å². The summed E-state index contributed by atoms with van der Waals surface area (Å²) < 4.78 is 5.08. The Morgan fingerprint density at radius 1 is 1.43 bits per heavy atom. The molecule has 0 spiro atoms. The van der Waals surface area contributed by atoms with Crippen molar-refractivity contribution < 1.29 is 19.4 Å². The van der Waals surface area contributed by atoms with Gasteiger partial charge in [-0.2, -0.15) is 0 Å². The fraction of sp³-hybridized carbons (Fsp3) is 0.333. The zero-order chi connectivity index (χ0) is 15.2. The number of carbonyl (C=O) groups is 2. The standard InChI is InChI=1S/C15H18N2O4/c1-11-4-3-7-17(9-11)15(20)16-12-5-2-6-13(8-12)21-10-14(18)19/h2,4-6,8H,3,7,9-10H2,1H3,(H,16,20)(H,18,19). The minimum Gasteiger partial charge on any atom is -0.482 e. The maximum absolute atomic E-state index is 12.1. The van der Waals surface area contributed by atoms with Gasteiger partial charge in [-0.25, -0.2) is 9.59 Å². The van der Waals surface area contributed by atoms with Crippen LogP contribution in [0, 0.1) is 0 Å². The molecule has 0 saturated carbocycles. The summed E-state index contributed by atoms with van der Waals surface area (Å²) in [4.78, 5) is 24.3. The van der Waals surface area contributed by atoms with E-state index in [9.17, 15) is 9.59 Å². The quantitative estimate of drug-likeness (QED) is 0.834. The molecule has 2 amide bonds. The molecule has 2 rings (SSSR count). The third-order valence-electron chi connectivity index (χ3n) is 3.07. The van der Waals surface area contributed by atoms with Crippen LogP contribution < -0.4 is 10.1 Å². The molecule has 0 unspecified atom stereocenters. The first-order valence-electron chi connectivity index (χ1n) is 6.71. The average molecular weight is 290 g/mol. The lowest BCUT2D eigenvalue weighted by Gasteiger charge is -2.26. The van der Waals surface area contributed by atoms with Crippen molar-refractivity contribution in [3.05, 3.63) is 35.9 Å². The Hall–Kier alpha value is -2.50. The van der Waals surface area contributed by atoms with Crippen LogP contribution in [0.25, 0.3) is 0 Å². The Balaban J connectivity index is 1.96. The molecule has 1 aromatic carbocycles. The molecule has 0 atom stereocenters. The van der Waals surface area contributed by atoms with Crippen molar-refractivity contribution in [3.8, 4) is 5.75 Å². The highest BCUT2D eigenvalue weighted by atomic mass is 16.5. The maximum Gasteiger partial charge on any atom is 0.341 e. The summed E-state index contributed by atoms with van der Waals surface area (Å²) in [5.74, 6) is -0.634. The van der Waals surface area contributed by atoms with Gasteiger partial charge in [-0.3, -0.25) is 0 Å². The largest absolute Gasteiger partial charge is 0.482 e. The number of carboxylic acids is 1. The summed E-state index contributed by atoms with van der Waals surface area (Å²) in [6.45, 7) is 2.91. The van der Waals surface area contributed by atoms with Gasteiger partial charge >= 0.3 is 12.0 Å². The number of carbonyl (C=O) groups excluding carboxylic acids is 1. The second-order valence-electron chi connectivity index (χ2n) is 4.90. The topological polar surface area (TPSA) is 78.9 Å². The molecule has 6 heteroatoms. The van der Waals surface area contributed by atoms with E-state index in [0.29, 0.717) is 24.5 Å². The monoisotopic (exact) mass is 290 g/mol. The van der Waals surface area contributed by atoms with E-state index in [4.69, 9.17) is 9.84 Å². The number of carboxylic acid groups (broad SMARTS) is 1. The van der Waals surface area contributed by atoms with Crippen LogP contribution >= 0.6 is 0 Å². The van der Waals surface area contributed by atoms with E-state index in [-0.39, 0.29) is 6.03 Å². The van der Waals surface area contributed by atoms with Crippen molar-refractivity contribution in [1.82, 2.24) is 4.90 Å². The van der Waals surface area contributed by atoms with Gasteiger partial charge in [-0.15, -0.1) is 0 Å². The molecule has 0 radical (unpaired) electrons. The Bertz CT molecular complexity index is 569. The van der Waals surface area contributed by atoms with Gasteiger partial charge in [0.1, 0.15) is 5.75 Å². The van der Waals surface area contributed by atoms with Crippen molar-refractivity contribution in [3.63, 3.8) is 0 Å². The molecule has 0 aromatic heterocycles. The van der Waals surface area contributed by atoms with Crippen LogP contribution in [-0.4, -0.2) is 41.7 Å². The number of nitrogens with zero attached hydrogens (tertiary/aromatic N) is 1. The number of urea groups is 1. The number of ether oxygens (including phenoxy) is 1. The lowest BCUT2D eigenvalue weighted by atomic mass is 10.1. The number of anilines is 1. The van der Waals surface area contributed by atoms with Crippen LogP contribution in [0.15, 0.2) is 35.9 Å². The zero-order valence-corrected chi connectivity index (χ0v) is 11.8. The van der Waals surface area contributed by atoms with Crippen LogP contribution in [0.5, 0.6) is 5.75 Å². The van der Waals surface area contributed by atoms with Gasteiger partial charge in [-0.1, -0.05) is 17.7 Å². The van der Waals surface area contributed by atoms with Crippen molar-refractivity contribution in [2.75, 3.05) is 25.0 Å². The summed E-state index contributed by atoms with van der Waals surface area (Å²) in [7, 11) is 0. The van der Waals surface area contributed by atoms with Gasteiger partial charge in [0.15, 0.2) is 6.61 Å². The summed E-state index contributed by atoms with van der Waals surface area (Å²) in [5.41, 5.74) is 1.75. The van der Waals surface area contributed by atoms with E-state index in [1.807, 2.05) is 6.92 Å². The van der Waals surface area contributed by atoms with Gasteiger partial charge in [0.05, 0.1) is 0 Å². The summed E-state index contributed by atoms with van der Waals surface area (Å²) in [6.07, 6.45) is 2.99. The van der Waals surface area contributed by atoms with Crippen LogP contribution in [0.3, 0.4) is 0 Å². The third-order valence-corrected chi connectivity index (χ3v) is 3.07. The number of nitrogens with one attached hydrogen (secondary N) is 1. The van der Waals surface area contributed by atoms with Crippen LogP contribution in [0.1, 0.15) is 13.3 Å². The number of amides is 2. The van der Waals surface area contributed by atoms with E-state index < -0.39 is 12.6 Å². The highest BCUT2D eigenvalue weighted by Gasteiger charge is 2.16. The van der Waals surface area contributed by atoms with Crippen molar-refractivity contribution >= 4 is 17.7 Å². The van der Waals surface area contributed by atoms with E-state index in [2.05, 4.69) is 11.4 Å². The number of benzene rings is 1. The third kappa shape index (κ3) is 4.52. The van der Waals surface area contributed by atoms with E-state index >= 15 is 0 Å². The average Bonchev–Trinajstić information content (AvgIpc) is 2.45. The van der Waals surface area contributed by atoms with Crippen molar-refractivity contribution in [1.29, 1.82) is 0 Å². The SMILES string of the molecule is CC1=CCCN(C(=O)Nc2cccc(OCC(=O)O)c2)C1. The fourth-order valence-corrected chi connectivity index (χ4v) is 2.10. The number of hydrogen-bond donors (Lipinski definition) is 2. The van der Waals surface area contributed by atoms with Gasteiger partial charge in [0, 0.05) is 24.8 Å². The molecule has 2 N–H and O–H groups in total. The molecule has 1 aromatic rings. The molecule has 0 bridgehead atoms. The summed E-state index contributed by atoms with van der Waals surface area (Å²) >= 11 is 0. The first-order valence-corrected chi connectivity index (χ1v) is 6.71. The van der Waals surface area contributed by atoms with Crippen LogP contribution in [0.4, 0.5) is 10.5 Å². The van der Waals surface area contributed by atoms with E-state index in [0.717, 1.165) is 6.42 Å². The normalized spacial score (nSPS) is 14.3. The second kappa shape index (κ2) is 6.78. The highest BCUT2D eigenvalue weighted by Crippen LogP contribution is 2.18. The molecule has 0 saturated heterocycles. The van der Waals surface area contributed by atoms with Gasteiger partial charge in [-0.05, 0) is 25.5 Å². The number of aliphatic carboxylic acids is 1. The Morgan fingerprint density at radius 2 is 2.24 bits per heavy atom. The second-order valence-corrected chi connectivity index (χ2v) is 4.90. The van der Waals surface area contributed by atoms with Crippen LogP contribution in [-0.2, 0) is 4.79 Å². The molecule has 21 heavy (non-hydrogen) atoms. The maximum atomic E-state index is 12.1. The molecule has 6 nitrogen and oxygen atoms in total. The van der Waals surface area contributed by atoms with Crippen molar-refractivity contribution in [2.45, 2.75) is 13.3 Å². The molecule has 0 fully saturated rings. The van der Waals surface area contributed by atoms with Crippen LogP contribution in [0.2, 0.25) is 0 Å². The lowest BCUT2D eigenvalue weighted by molar-refractivity contribution is -0.139. The zero-order valence-electron chi connectivity index (χ0n) is 11.8. The van der Waals surface area contributed by atoms with Gasteiger partial charge in [0.2, 0.25) is 0 Å². The lowest BCUT2D eigenvalue weighted by Crippen LogP contribution is -2.38. The van der Waals surface area contributed by atoms with Gasteiger partial charge in [0.25, 0.3) is 0 Å². The smallest absolute Gasteiger partial charge is 0.341 e. The predicted molar refractivity (Wildman–Crippen MR) is 78.5 cm³/mol. The van der Waals surface area contributed by atoms with Crippen molar-refractivity contribution in [2.24, 2.45) is 0 Å². The van der Waals surface area contributed by atoms with E-state index in [1.165, 1.54) is 5.57 Å². The Kier molecular flexibility index (Phi) is 4.81. The molecule has 1 heterocycles. The Morgan fingerprint density at radius 3 is 2.95 bits per heavy atom. The molecule has 1 aliphatic rings. The first kappa shape index (κ1) is 14.9. The molecule has 112 valence electrons. The molecule has 0 aliphatic carbocycles. The molecular formula is C15H18N2O4. The molecular weight excluding hydrogens is 272 g/mol. The fourth-order valence-electron chi connectivity index (χ4n) is 2.10. The minimum atomic E-state index is -1.04. The van der Waals surface area contributed by atoms with Gasteiger partial charge < -0.3 is 20.1 Å². The highest BCUT2D eigenvalue weighted by molar-refractivity contribution is 5.89. The number of rotatable bonds is 4. The molecule has 1 aliphatic heterocycles.